The molecule has 0 atom stereocenters. The molecule has 3 amide bonds. The van der Waals surface area contributed by atoms with Crippen LogP contribution in [0, 0.1) is 6.92 Å². The monoisotopic (exact) mass is 341 g/mol. The van der Waals surface area contributed by atoms with Gasteiger partial charge in [-0.25, -0.2) is 4.79 Å². The smallest absolute Gasteiger partial charge is 0.319 e. The van der Waals surface area contributed by atoms with Crippen molar-refractivity contribution in [1.29, 1.82) is 0 Å². The summed E-state index contributed by atoms with van der Waals surface area (Å²) in [7, 11) is 3.34. The number of hydrogen-bond donors (Lipinski definition) is 2. The molecule has 6 nitrogen and oxygen atoms in total. The van der Waals surface area contributed by atoms with Gasteiger partial charge < -0.3 is 20.3 Å². The Labute approximate surface area is 147 Å². The summed E-state index contributed by atoms with van der Waals surface area (Å²) in [6, 6.07) is 14.5. The van der Waals surface area contributed by atoms with E-state index in [0.29, 0.717) is 18.0 Å². The van der Waals surface area contributed by atoms with Crippen LogP contribution in [0.5, 0.6) is 5.75 Å². The number of nitrogens with one attached hydrogen (secondary N) is 2. The van der Waals surface area contributed by atoms with E-state index in [0.717, 1.165) is 11.1 Å². The number of likely N-dealkylation sites (N-methyl/N-ethyl adjacent to an activating group) is 1. The number of aryl methyl sites for hydroxylation is 1. The van der Waals surface area contributed by atoms with Gasteiger partial charge in [-0.2, -0.15) is 0 Å². The highest BCUT2D eigenvalue weighted by Gasteiger charge is 2.07. The van der Waals surface area contributed by atoms with Gasteiger partial charge in [0.15, 0.2) is 6.61 Å². The molecule has 2 aromatic carbocycles. The van der Waals surface area contributed by atoms with E-state index in [1.807, 2.05) is 31.2 Å². The van der Waals surface area contributed by atoms with E-state index in [2.05, 4.69) is 10.6 Å². The van der Waals surface area contributed by atoms with Crippen molar-refractivity contribution in [2.24, 2.45) is 0 Å². The summed E-state index contributed by atoms with van der Waals surface area (Å²) >= 11 is 0. The minimum atomic E-state index is -0.301. The molecule has 6 heteroatoms. The van der Waals surface area contributed by atoms with Crippen molar-refractivity contribution in [1.82, 2.24) is 10.2 Å². The average molecular weight is 341 g/mol. The molecule has 0 radical (unpaired) electrons. The van der Waals surface area contributed by atoms with Crippen molar-refractivity contribution < 1.29 is 14.3 Å². The zero-order chi connectivity index (χ0) is 18.2. The lowest BCUT2D eigenvalue weighted by Crippen LogP contribution is -2.28. The summed E-state index contributed by atoms with van der Waals surface area (Å²) in [4.78, 5) is 25.0. The van der Waals surface area contributed by atoms with E-state index >= 15 is 0 Å². The van der Waals surface area contributed by atoms with Gasteiger partial charge in [0.1, 0.15) is 5.75 Å². The Morgan fingerprint density at radius 2 is 1.84 bits per heavy atom. The normalized spacial score (nSPS) is 10.0. The van der Waals surface area contributed by atoms with Crippen molar-refractivity contribution in [3.8, 4) is 5.75 Å². The number of rotatable bonds is 6. The molecule has 0 aromatic heterocycles. The Kier molecular flexibility index (Phi) is 6.39. The maximum Gasteiger partial charge on any atom is 0.319 e. The first kappa shape index (κ1) is 18.3. The number of anilines is 1. The maximum atomic E-state index is 12.0. The molecule has 0 aliphatic rings. The van der Waals surface area contributed by atoms with Crippen LogP contribution in [0.3, 0.4) is 0 Å². The predicted molar refractivity (Wildman–Crippen MR) is 97.7 cm³/mol. The van der Waals surface area contributed by atoms with Crippen LogP contribution in [-0.2, 0) is 11.3 Å². The van der Waals surface area contributed by atoms with Crippen LogP contribution in [0.4, 0.5) is 10.5 Å². The first-order valence-corrected chi connectivity index (χ1v) is 7.98. The second-order valence-corrected chi connectivity index (χ2v) is 5.84. The molecule has 0 aliphatic heterocycles. The zero-order valence-corrected chi connectivity index (χ0v) is 14.7. The van der Waals surface area contributed by atoms with Crippen molar-refractivity contribution in [3.05, 3.63) is 59.7 Å². The fourth-order valence-electron chi connectivity index (χ4n) is 2.10. The van der Waals surface area contributed by atoms with Crippen LogP contribution in [0.25, 0.3) is 0 Å². The van der Waals surface area contributed by atoms with Crippen LogP contribution in [-0.4, -0.2) is 37.5 Å². The number of carbonyl (C=O) groups excluding carboxylic acids is 2. The highest BCUT2D eigenvalue weighted by Crippen LogP contribution is 2.17. The number of urea groups is 1. The van der Waals surface area contributed by atoms with Crippen molar-refractivity contribution in [2.75, 3.05) is 26.0 Å². The fraction of sp³-hybridized carbons (Fsp3) is 0.263. The van der Waals surface area contributed by atoms with Gasteiger partial charge in [-0.05, 0) is 30.2 Å². The Morgan fingerprint density at radius 1 is 1.08 bits per heavy atom. The summed E-state index contributed by atoms with van der Waals surface area (Å²) in [6.07, 6.45) is 0. The van der Waals surface area contributed by atoms with Gasteiger partial charge in [0.25, 0.3) is 5.91 Å². The molecule has 2 aromatic rings. The van der Waals surface area contributed by atoms with E-state index in [1.165, 1.54) is 4.90 Å². The highest BCUT2D eigenvalue weighted by atomic mass is 16.5. The summed E-state index contributed by atoms with van der Waals surface area (Å²) in [5.74, 6) is 0.390. The summed E-state index contributed by atoms with van der Waals surface area (Å²) in [5, 5.41) is 5.58. The van der Waals surface area contributed by atoms with Crippen LogP contribution in [0.1, 0.15) is 11.1 Å². The summed E-state index contributed by atoms with van der Waals surface area (Å²) in [5.41, 5.74) is 2.79. The Morgan fingerprint density at radius 3 is 2.56 bits per heavy atom. The largest absolute Gasteiger partial charge is 0.484 e. The third-order valence-corrected chi connectivity index (χ3v) is 3.65. The lowest BCUT2D eigenvalue weighted by molar-refractivity contribution is -0.130. The fourth-order valence-corrected chi connectivity index (χ4v) is 2.10. The van der Waals surface area contributed by atoms with Crippen molar-refractivity contribution in [2.45, 2.75) is 13.5 Å². The minimum Gasteiger partial charge on any atom is -0.484 e. The van der Waals surface area contributed by atoms with E-state index in [9.17, 15) is 9.59 Å². The van der Waals surface area contributed by atoms with Crippen LogP contribution >= 0.6 is 0 Å². The highest BCUT2D eigenvalue weighted by molar-refractivity contribution is 5.89. The van der Waals surface area contributed by atoms with Gasteiger partial charge in [-0.3, -0.25) is 4.79 Å². The molecule has 0 spiro atoms. The molecule has 0 heterocycles. The van der Waals surface area contributed by atoms with E-state index in [-0.39, 0.29) is 18.5 Å². The molecule has 2 rings (SSSR count). The lowest BCUT2D eigenvalue weighted by atomic mass is 10.1. The van der Waals surface area contributed by atoms with Crippen LogP contribution in [0.2, 0.25) is 0 Å². The minimum absolute atomic E-state index is 0.0457. The molecule has 0 unspecified atom stereocenters. The molecule has 2 N–H and O–H groups in total. The van der Waals surface area contributed by atoms with E-state index in [1.54, 1.807) is 38.4 Å². The van der Waals surface area contributed by atoms with Gasteiger partial charge in [-0.15, -0.1) is 0 Å². The molecule has 25 heavy (non-hydrogen) atoms. The molecule has 132 valence electrons. The zero-order valence-electron chi connectivity index (χ0n) is 14.7. The number of hydrogen-bond acceptors (Lipinski definition) is 3. The number of benzene rings is 2. The number of ether oxygens (including phenoxy) is 1. The molecule has 0 fully saturated rings. The first-order valence-electron chi connectivity index (χ1n) is 7.98. The van der Waals surface area contributed by atoms with Gasteiger partial charge in [0.05, 0.1) is 0 Å². The van der Waals surface area contributed by atoms with Gasteiger partial charge in [-0.1, -0.05) is 30.3 Å². The topological polar surface area (TPSA) is 70.7 Å². The van der Waals surface area contributed by atoms with Crippen molar-refractivity contribution >= 4 is 17.6 Å². The third kappa shape index (κ3) is 5.84. The summed E-state index contributed by atoms with van der Waals surface area (Å²) < 4.78 is 5.43. The Bertz CT molecular complexity index is 744. The number of amides is 3. The molecular weight excluding hydrogens is 318 g/mol. The van der Waals surface area contributed by atoms with E-state index < -0.39 is 0 Å². The van der Waals surface area contributed by atoms with Gasteiger partial charge in [0, 0.05) is 32.4 Å². The Hall–Kier alpha value is -3.02. The molecule has 0 bridgehead atoms. The molecule has 0 aliphatic carbocycles. The number of nitrogens with zero attached hydrogens (tertiary/aromatic N) is 1. The maximum absolute atomic E-state index is 12.0. The SMILES string of the molecule is Cc1ccccc1CNC(=O)Nc1cccc(OCC(=O)N(C)C)c1. The molecule has 0 saturated heterocycles. The second kappa shape index (κ2) is 8.73. The van der Waals surface area contributed by atoms with Crippen LogP contribution < -0.4 is 15.4 Å². The molecular formula is C19H23N3O3. The summed E-state index contributed by atoms with van der Waals surface area (Å²) in [6.45, 7) is 2.41. The number of carbonyl (C=O) groups is 2. The van der Waals surface area contributed by atoms with Gasteiger partial charge in [0.2, 0.25) is 0 Å². The quantitative estimate of drug-likeness (QED) is 0.849. The molecule has 0 saturated carbocycles. The third-order valence-electron chi connectivity index (χ3n) is 3.65. The standard InChI is InChI=1S/C19H23N3O3/c1-14-7-4-5-8-15(14)12-20-19(24)21-16-9-6-10-17(11-16)25-13-18(23)22(2)3/h4-11H,12-13H2,1-3H3,(H2,20,21,24). The van der Waals surface area contributed by atoms with Crippen molar-refractivity contribution in [3.63, 3.8) is 0 Å². The first-order chi connectivity index (χ1) is 12.0. The van der Waals surface area contributed by atoms with Crippen LogP contribution in [0.15, 0.2) is 48.5 Å². The average Bonchev–Trinajstić information content (AvgIpc) is 2.59. The predicted octanol–water partition coefficient (Wildman–Crippen LogP) is 2.78. The van der Waals surface area contributed by atoms with E-state index in [4.69, 9.17) is 4.74 Å². The Balaban J connectivity index is 1.87. The second-order valence-electron chi connectivity index (χ2n) is 5.84. The lowest BCUT2D eigenvalue weighted by Gasteiger charge is -2.13. The van der Waals surface area contributed by atoms with Gasteiger partial charge >= 0.3 is 6.03 Å².